The van der Waals surface area contributed by atoms with Crippen LogP contribution in [0.1, 0.15) is 6.42 Å². The number of carboxylic acids is 1. The van der Waals surface area contributed by atoms with Crippen molar-refractivity contribution < 1.29 is 19.4 Å². The zero-order valence-electron chi connectivity index (χ0n) is 12.2. The first kappa shape index (κ1) is 16.9. The number of ether oxygens (including phenoxy) is 1. The molecule has 2 aromatic rings. The number of nitrogens with one attached hydrogen (secondary N) is 1. The van der Waals surface area contributed by atoms with E-state index in [1.807, 2.05) is 0 Å². The Morgan fingerprint density at radius 3 is 2.87 bits per heavy atom. The van der Waals surface area contributed by atoms with Crippen molar-refractivity contribution in [2.24, 2.45) is 0 Å². The molecule has 1 atom stereocenters. The van der Waals surface area contributed by atoms with Gasteiger partial charge in [0.2, 0.25) is 5.88 Å². The highest BCUT2D eigenvalue weighted by Crippen LogP contribution is 2.18. The fraction of sp³-hybridized carbons (Fsp3) is 0.286. The predicted octanol–water partition coefficient (Wildman–Crippen LogP) is 0.358. The summed E-state index contributed by atoms with van der Waals surface area (Å²) in [6.45, 7) is -0.450. The minimum atomic E-state index is -1.11. The molecule has 9 heteroatoms. The van der Waals surface area contributed by atoms with E-state index in [9.17, 15) is 14.4 Å². The maximum absolute atomic E-state index is 12.1. The molecular formula is C14H14ClN3O5. The molecule has 0 amide bonds. The third kappa shape index (κ3) is 3.85. The van der Waals surface area contributed by atoms with Crippen molar-refractivity contribution in [3.8, 4) is 5.88 Å². The molecule has 0 saturated carbocycles. The largest absolute Gasteiger partial charge is 0.481 e. The highest BCUT2D eigenvalue weighted by molar-refractivity contribution is 6.31. The molecule has 0 saturated heterocycles. The van der Waals surface area contributed by atoms with Gasteiger partial charge in [0.15, 0.2) is 10.8 Å². The molecule has 0 radical (unpaired) electrons. The Bertz CT molecular complexity index is 805. The topological polar surface area (TPSA) is 110 Å². The summed E-state index contributed by atoms with van der Waals surface area (Å²) in [4.78, 5) is 38.8. The zero-order chi connectivity index (χ0) is 17.0. The van der Waals surface area contributed by atoms with Crippen LogP contribution in [0.25, 0.3) is 5.65 Å². The molecule has 2 heterocycles. The Morgan fingerprint density at radius 1 is 1.48 bits per heavy atom. The predicted molar refractivity (Wildman–Crippen MR) is 82.1 cm³/mol. The number of ketones is 1. The second-order valence-corrected chi connectivity index (χ2v) is 5.04. The van der Waals surface area contributed by atoms with Gasteiger partial charge in [0, 0.05) is 6.20 Å². The SMILES string of the molecule is CN[C@@H](CC(=O)O)C(=O)COc1nc2ccccn2c(=O)c1Cl. The molecule has 2 aromatic heterocycles. The van der Waals surface area contributed by atoms with Crippen molar-refractivity contribution in [1.82, 2.24) is 14.7 Å². The van der Waals surface area contributed by atoms with Crippen LogP contribution in [0.15, 0.2) is 29.2 Å². The van der Waals surface area contributed by atoms with Crippen LogP contribution in [0.4, 0.5) is 0 Å². The van der Waals surface area contributed by atoms with E-state index in [1.54, 1.807) is 18.2 Å². The molecule has 2 N–H and O–H groups in total. The van der Waals surface area contributed by atoms with E-state index in [2.05, 4.69) is 10.3 Å². The third-order valence-corrected chi connectivity index (χ3v) is 3.44. The van der Waals surface area contributed by atoms with Crippen LogP contribution < -0.4 is 15.6 Å². The number of carbonyl (C=O) groups excluding carboxylic acids is 1. The number of hydrogen-bond acceptors (Lipinski definition) is 6. The summed E-state index contributed by atoms with van der Waals surface area (Å²) < 4.78 is 6.46. The van der Waals surface area contributed by atoms with Gasteiger partial charge in [-0.15, -0.1) is 0 Å². The van der Waals surface area contributed by atoms with E-state index in [-0.39, 0.29) is 17.3 Å². The first-order chi connectivity index (χ1) is 10.9. The first-order valence-electron chi connectivity index (χ1n) is 6.65. The molecule has 122 valence electrons. The molecule has 0 fully saturated rings. The summed E-state index contributed by atoms with van der Waals surface area (Å²) in [6, 6.07) is 4.04. The number of hydrogen-bond donors (Lipinski definition) is 2. The highest BCUT2D eigenvalue weighted by Gasteiger charge is 2.21. The van der Waals surface area contributed by atoms with Gasteiger partial charge in [-0.3, -0.25) is 18.8 Å². The number of rotatable bonds is 7. The second-order valence-electron chi connectivity index (χ2n) is 4.66. The quantitative estimate of drug-likeness (QED) is 0.749. The maximum atomic E-state index is 12.1. The van der Waals surface area contributed by atoms with E-state index in [4.69, 9.17) is 21.4 Å². The Balaban J connectivity index is 2.19. The van der Waals surface area contributed by atoms with Gasteiger partial charge in [0.05, 0.1) is 12.5 Å². The van der Waals surface area contributed by atoms with E-state index in [0.29, 0.717) is 5.65 Å². The maximum Gasteiger partial charge on any atom is 0.305 e. The molecule has 2 rings (SSSR count). The normalized spacial score (nSPS) is 12.1. The number of aliphatic carboxylic acids is 1. The Labute approximate surface area is 135 Å². The summed E-state index contributed by atoms with van der Waals surface area (Å²) in [6.07, 6.45) is 1.13. The van der Waals surface area contributed by atoms with Crippen LogP contribution in [-0.2, 0) is 9.59 Å². The van der Waals surface area contributed by atoms with Crippen LogP contribution in [-0.4, -0.2) is 45.9 Å². The molecule has 23 heavy (non-hydrogen) atoms. The zero-order valence-corrected chi connectivity index (χ0v) is 12.9. The van der Waals surface area contributed by atoms with Crippen LogP contribution in [0.3, 0.4) is 0 Å². The smallest absolute Gasteiger partial charge is 0.305 e. The minimum Gasteiger partial charge on any atom is -0.481 e. The van der Waals surface area contributed by atoms with Gasteiger partial charge in [0.1, 0.15) is 12.3 Å². The van der Waals surface area contributed by atoms with Crippen molar-refractivity contribution in [1.29, 1.82) is 0 Å². The minimum absolute atomic E-state index is 0.165. The summed E-state index contributed by atoms with van der Waals surface area (Å²) in [7, 11) is 1.47. The average molecular weight is 340 g/mol. The number of halogens is 1. The molecule has 0 aromatic carbocycles. The summed E-state index contributed by atoms with van der Waals surface area (Å²) in [5.41, 5.74) is -0.199. The molecular weight excluding hydrogens is 326 g/mol. The number of pyridine rings is 1. The van der Waals surface area contributed by atoms with Crippen molar-refractivity contribution in [3.05, 3.63) is 39.8 Å². The van der Waals surface area contributed by atoms with Gasteiger partial charge in [-0.25, -0.2) is 0 Å². The second kappa shape index (κ2) is 7.21. The Kier molecular flexibility index (Phi) is 5.30. The number of Topliss-reactive ketones (excluding diaryl/α,β-unsaturated/α-hetero) is 1. The van der Waals surface area contributed by atoms with Gasteiger partial charge >= 0.3 is 5.97 Å². The average Bonchev–Trinajstić information content (AvgIpc) is 2.54. The van der Waals surface area contributed by atoms with Crippen molar-refractivity contribution in [3.63, 3.8) is 0 Å². The number of aromatic nitrogens is 2. The van der Waals surface area contributed by atoms with E-state index in [0.717, 1.165) is 0 Å². The van der Waals surface area contributed by atoms with Crippen LogP contribution in [0.5, 0.6) is 5.88 Å². The molecule has 8 nitrogen and oxygen atoms in total. The first-order valence-corrected chi connectivity index (χ1v) is 7.03. The summed E-state index contributed by atoms with van der Waals surface area (Å²) in [5, 5.41) is 11.1. The number of fused-ring (bicyclic) bond motifs is 1. The van der Waals surface area contributed by atoms with Crippen molar-refractivity contribution >= 4 is 29.0 Å². The fourth-order valence-electron chi connectivity index (χ4n) is 1.93. The Hall–Kier alpha value is -2.45. The van der Waals surface area contributed by atoms with Gasteiger partial charge in [-0.1, -0.05) is 17.7 Å². The lowest BCUT2D eigenvalue weighted by atomic mass is 10.1. The van der Waals surface area contributed by atoms with Gasteiger partial charge in [-0.05, 0) is 19.2 Å². The van der Waals surface area contributed by atoms with Crippen LogP contribution >= 0.6 is 11.6 Å². The third-order valence-electron chi connectivity index (χ3n) is 3.12. The van der Waals surface area contributed by atoms with Gasteiger partial charge in [-0.2, -0.15) is 4.98 Å². The lowest BCUT2D eigenvalue weighted by molar-refractivity contribution is -0.139. The van der Waals surface area contributed by atoms with Crippen LogP contribution in [0, 0.1) is 0 Å². The summed E-state index contributed by atoms with van der Waals surface area (Å²) in [5.74, 6) is -1.76. The molecule has 0 unspecified atom stereocenters. The monoisotopic (exact) mass is 339 g/mol. The molecule has 0 aliphatic rings. The van der Waals surface area contributed by atoms with E-state index < -0.39 is 30.0 Å². The lowest BCUT2D eigenvalue weighted by Gasteiger charge is -2.13. The number of carbonyl (C=O) groups is 2. The van der Waals surface area contributed by atoms with Crippen molar-refractivity contribution in [2.75, 3.05) is 13.7 Å². The van der Waals surface area contributed by atoms with Gasteiger partial charge < -0.3 is 15.2 Å². The Morgan fingerprint density at radius 2 is 2.22 bits per heavy atom. The summed E-state index contributed by atoms with van der Waals surface area (Å²) >= 11 is 5.91. The molecule has 0 aliphatic heterocycles. The standard InChI is InChI=1S/C14H14ClN3O5/c1-16-8(6-11(20)21)9(19)7-23-13-12(15)14(22)18-5-3-2-4-10(18)17-13/h2-5,8,16H,6-7H2,1H3,(H,20,21)/t8-/m0/s1. The lowest BCUT2D eigenvalue weighted by Crippen LogP contribution is -2.39. The van der Waals surface area contributed by atoms with Crippen molar-refractivity contribution in [2.45, 2.75) is 12.5 Å². The molecule has 0 spiro atoms. The number of likely N-dealkylation sites (N-methyl/N-ethyl adjacent to an activating group) is 1. The van der Waals surface area contributed by atoms with Gasteiger partial charge in [0.25, 0.3) is 5.56 Å². The highest BCUT2D eigenvalue weighted by atomic mass is 35.5. The fourth-order valence-corrected chi connectivity index (χ4v) is 2.12. The number of carboxylic acid groups (broad SMARTS) is 1. The number of nitrogens with zero attached hydrogens (tertiary/aromatic N) is 2. The molecule has 0 bridgehead atoms. The van der Waals surface area contributed by atoms with E-state index in [1.165, 1.54) is 17.6 Å². The van der Waals surface area contributed by atoms with E-state index >= 15 is 0 Å². The van der Waals surface area contributed by atoms with Crippen LogP contribution in [0.2, 0.25) is 5.02 Å². The molecule has 0 aliphatic carbocycles.